The van der Waals surface area contributed by atoms with Crippen LogP contribution < -0.4 is 4.16 Å². The average molecular weight is 1580 g/mol. The monoisotopic (exact) mass is 1580 g/mol. The number of aromatic nitrogens is 6. The summed E-state index contributed by atoms with van der Waals surface area (Å²) in [6.07, 6.45) is 21.0. The van der Waals surface area contributed by atoms with E-state index in [1.54, 1.807) is 0 Å². The van der Waals surface area contributed by atoms with Crippen molar-refractivity contribution in [1.82, 2.24) is 29.9 Å². The Labute approximate surface area is 639 Å². The van der Waals surface area contributed by atoms with Crippen molar-refractivity contribution in [1.29, 1.82) is 0 Å². The predicted octanol–water partition coefficient (Wildman–Crippen LogP) is 20.8. The van der Waals surface area contributed by atoms with E-state index in [1.165, 1.54) is 67.6 Å². The summed E-state index contributed by atoms with van der Waals surface area (Å²) in [5, 5.41) is 7.21. The van der Waals surface area contributed by atoms with Crippen LogP contribution in [0.4, 0.5) is 0 Å². The molecule has 0 unspecified atom stereocenters. The van der Waals surface area contributed by atoms with Gasteiger partial charge in [0.1, 0.15) is 0 Å². The number of hydrogen-bond donors (Lipinski definition) is 0. The van der Waals surface area contributed by atoms with Crippen molar-refractivity contribution in [2.75, 3.05) is 11.5 Å². The summed E-state index contributed by atoms with van der Waals surface area (Å²) in [6, 6.07) is 78.0. The molecule has 18 heteroatoms. The number of hydrogen-bond acceptors (Lipinski definition) is 12. The molecule has 541 valence electrons. The van der Waals surface area contributed by atoms with E-state index in [4.69, 9.17) is 0 Å². The summed E-state index contributed by atoms with van der Waals surface area (Å²) in [4.78, 5) is 28.0. The molecule has 0 fully saturated rings. The zero-order valence-electron chi connectivity index (χ0n) is 61.4. The fourth-order valence-corrected chi connectivity index (χ4v) is 19.3. The van der Waals surface area contributed by atoms with Gasteiger partial charge in [-0.15, -0.1) is 13.2 Å². The van der Waals surface area contributed by atoms with Crippen LogP contribution in [0.5, 0.6) is 0 Å². The molecule has 0 saturated heterocycles. The predicted molar refractivity (Wildman–Crippen MR) is 448 cm³/mol. The van der Waals surface area contributed by atoms with E-state index in [9.17, 15) is 25.9 Å². The zero-order chi connectivity index (χ0) is 75.5. The molecule has 6 heterocycles. The van der Waals surface area contributed by atoms with Gasteiger partial charge in [0.15, 0.2) is 0 Å². The van der Waals surface area contributed by atoms with Crippen LogP contribution in [0.25, 0.3) is 121 Å². The van der Waals surface area contributed by atoms with Crippen molar-refractivity contribution in [2.45, 2.75) is 101 Å². The van der Waals surface area contributed by atoms with Crippen LogP contribution in [-0.4, -0.2) is 93.0 Å². The Balaban J connectivity index is 0.000000150. The van der Waals surface area contributed by atoms with Gasteiger partial charge in [0.2, 0.25) is 0 Å². The fourth-order valence-electron chi connectivity index (χ4n) is 13.4. The maximum absolute atomic E-state index is 10.2. The van der Waals surface area contributed by atoms with Crippen LogP contribution >= 0.6 is 0 Å². The molecule has 6 aromatic heterocycles. The van der Waals surface area contributed by atoms with E-state index < -0.39 is 36.4 Å². The molecule has 0 radical (unpaired) electrons. The Bertz CT molecular complexity index is 5110. The van der Waals surface area contributed by atoms with E-state index in [-0.39, 0.29) is 21.0 Å². The molecule has 0 aliphatic heterocycles. The molecule has 106 heavy (non-hydrogen) atoms. The van der Waals surface area contributed by atoms with Gasteiger partial charge in [-0.05, 0) is 99.5 Å². The second-order valence-electron chi connectivity index (χ2n) is 29.0. The largest absolute Gasteiger partial charge is 0.748 e. The summed E-state index contributed by atoms with van der Waals surface area (Å²) >= 11 is 2.69. The zero-order valence-corrected chi connectivity index (χ0v) is 68.2. The van der Waals surface area contributed by atoms with Crippen molar-refractivity contribution in [3.8, 4) is 55.6 Å². The van der Waals surface area contributed by atoms with Crippen molar-refractivity contribution in [2.24, 2.45) is 0 Å². The molecule has 14 rings (SSSR count). The Hall–Kier alpha value is -9.21. The van der Waals surface area contributed by atoms with E-state index in [1.807, 2.05) is 67.5 Å². The van der Waals surface area contributed by atoms with Gasteiger partial charge in [0.05, 0.1) is 42.3 Å². The van der Waals surface area contributed by atoms with Gasteiger partial charge in [-0.3, -0.25) is 19.9 Å². The van der Waals surface area contributed by atoms with Crippen LogP contribution in [0.15, 0.2) is 281 Å². The number of nitrogens with zero attached hydrogens (tertiary/aromatic N) is 6. The third-order valence-corrected chi connectivity index (χ3v) is 27.4. The SMILES string of the molecule is C=CCC(CC=C)(CCc1ccc(-c2ccnc3c2ccc2[c]([Ru+2])ccnc23)cc1)[SiH2]C.C[Si](C)(C)CCCS(=O)(=O)[O-].C[Si](C)(C)CCCS(=O)(=O)[O-].c1ccc(-c2ccnc3c2ccc2c(-c4ccccc4)ccnc23)cc1.c1ccc(-c2ccnc3c2ccc2c(-c4ccccc4)ccnc23)cc1. The van der Waals surface area contributed by atoms with E-state index in [2.05, 4.69) is 307 Å². The number of allylic oxidation sites excluding steroid dienone is 2. The Kier molecular flexibility index (Phi) is 27.2. The minimum absolute atomic E-state index is 0.167. The summed E-state index contributed by atoms with van der Waals surface area (Å²) < 4.78 is 62.2. The average Bonchev–Trinajstić information content (AvgIpc) is 0.772. The number of pyridine rings is 6. The molecular weight excluding hydrogens is 1490 g/mol. The van der Waals surface area contributed by atoms with Gasteiger partial charge in [-0.2, -0.15) is 0 Å². The molecule has 0 aliphatic carbocycles. The number of fused-ring (bicyclic) bond motifs is 9. The number of rotatable bonds is 21. The van der Waals surface area contributed by atoms with Crippen molar-refractivity contribution < 1.29 is 44.2 Å². The Morgan fingerprint density at radius 1 is 0.387 bits per heavy atom. The summed E-state index contributed by atoms with van der Waals surface area (Å²) in [5.74, 6) is -0.394. The van der Waals surface area contributed by atoms with Gasteiger partial charge in [0, 0.05) is 83.5 Å². The minimum atomic E-state index is -3.97. The molecule has 0 N–H and O–H groups in total. The molecule has 0 spiro atoms. The van der Waals surface area contributed by atoms with Gasteiger partial charge in [-0.1, -0.05) is 216 Å². The summed E-state index contributed by atoms with van der Waals surface area (Å²) in [7, 11) is -10.4. The second kappa shape index (κ2) is 36.4. The smallest absolute Gasteiger partial charge is 0.0970 e. The van der Waals surface area contributed by atoms with Gasteiger partial charge < -0.3 is 9.11 Å². The van der Waals surface area contributed by atoms with E-state index in [0.717, 1.165) is 101 Å². The van der Waals surface area contributed by atoms with Crippen LogP contribution in [-0.2, 0) is 45.0 Å². The van der Waals surface area contributed by atoms with Gasteiger partial charge in [-0.25, -0.2) is 16.8 Å². The van der Waals surface area contributed by atoms with Crippen molar-refractivity contribution in [3.05, 3.63) is 286 Å². The molecule has 0 aliphatic rings. The van der Waals surface area contributed by atoms with Crippen molar-refractivity contribution in [3.63, 3.8) is 0 Å². The van der Waals surface area contributed by atoms with Crippen LogP contribution in [0.1, 0.15) is 37.7 Å². The first-order valence-corrected chi connectivity index (χ1v) is 49.4. The Morgan fingerprint density at radius 2 is 0.651 bits per heavy atom. The first-order chi connectivity index (χ1) is 50.8. The van der Waals surface area contributed by atoms with E-state index in [0.29, 0.717) is 17.9 Å². The third kappa shape index (κ3) is 21.5. The first kappa shape index (κ1) is 79.4. The molecule has 12 nitrogen and oxygen atoms in total. The molecule has 0 amide bonds. The topological polar surface area (TPSA) is 192 Å². The maximum Gasteiger partial charge on any atom is 0.0970 e. The Morgan fingerprint density at radius 3 is 0.915 bits per heavy atom. The quantitative estimate of drug-likeness (QED) is 0.0287. The molecular formula is C88H91N6O6RuS2Si3. The van der Waals surface area contributed by atoms with Gasteiger partial charge >= 0.3 is 145 Å². The molecule has 0 saturated carbocycles. The fraction of sp³-hybridized carbons (Fsp3) is 0.205. The third-order valence-electron chi connectivity index (χ3n) is 18.9. The normalized spacial score (nSPS) is 11.9. The molecule has 0 bridgehead atoms. The maximum atomic E-state index is 10.2. The molecule has 14 aromatic rings. The van der Waals surface area contributed by atoms with Crippen LogP contribution in [0, 0.1) is 0 Å². The summed E-state index contributed by atoms with van der Waals surface area (Å²) in [5.41, 5.74) is 19.0. The van der Waals surface area contributed by atoms with Crippen LogP contribution in [0.3, 0.4) is 0 Å². The molecule has 8 aromatic carbocycles. The van der Waals surface area contributed by atoms with Gasteiger partial charge in [0.25, 0.3) is 0 Å². The van der Waals surface area contributed by atoms with Crippen molar-refractivity contribution >= 4 is 115 Å². The van der Waals surface area contributed by atoms with Crippen LogP contribution in [0.2, 0.25) is 63.0 Å². The van der Waals surface area contributed by atoms with E-state index >= 15 is 0 Å². The summed E-state index contributed by atoms with van der Waals surface area (Å²) in [6.45, 7) is 23.4. The molecule has 0 atom stereocenters. The standard InChI is InChI=1S/C28H29N2Si.2C24H16N2.2C6H16O3SSi.Ru/c1-4-16-28(31-3,17-5-2)18-14-21-8-10-22(11-9-21)24-15-20-30-27-25(24)13-12-23-7-6-19-29-26(23)27;2*1-3-7-17(8-4-1)19-13-15-25-23-21(19)11-12-22-20(14-16-26-24(22)23)18-9-5-2-6-10-18;2*1-11(2,3)6-4-5-10(7,8)9;/h4-6,8-13,15,19-20H,1-2,14,16-18,31H2,3H3;2*1-16H;2*4-6H2,1-3H3,(H,7,8,9);/q;;;;;+2/p-2. The number of aryl methyl sites for hydroxylation is 1. The first-order valence-electron chi connectivity index (χ1n) is 35.9. The number of benzene rings is 8. The second-order valence-corrected chi connectivity index (χ2v) is 46.4. The minimum Gasteiger partial charge on any atom is -0.748 e.